The summed E-state index contributed by atoms with van der Waals surface area (Å²) >= 11 is 6.37. The van der Waals surface area contributed by atoms with Gasteiger partial charge in [0.25, 0.3) is 0 Å². The molecule has 3 heterocycles. The van der Waals surface area contributed by atoms with Crippen LogP contribution in [0.5, 0.6) is 23.0 Å². The van der Waals surface area contributed by atoms with E-state index in [4.69, 9.17) is 30.9 Å². The fourth-order valence-corrected chi connectivity index (χ4v) is 4.73. The summed E-state index contributed by atoms with van der Waals surface area (Å²) in [5, 5.41) is 6.25. The van der Waals surface area contributed by atoms with Crippen molar-refractivity contribution in [2.45, 2.75) is 12.5 Å². The normalized spacial score (nSPS) is 15.2. The molecule has 5 rings (SSSR count). The number of rotatable bonds is 7. The van der Waals surface area contributed by atoms with Crippen LogP contribution < -0.4 is 14.2 Å². The SMILES string of the molecule is C=CC(=O)N1CC[C@@H](n2nc(-c3ccc(Oc4cccc(OC)c4Cl)cc3)c3cncc(OC)c32)C1. The van der Waals surface area contributed by atoms with Crippen LogP contribution in [0.1, 0.15) is 12.5 Å². The Hall–Kier alpha value is -4.04. The van der Waals surface area contributed by atoms with Crippen molar-refractivity contribution in [3.8, 4) is 34.3 Å². The topological polar surface area (TPSA) is 78.7 Å². The molecule has 1 fully saturated rings. The van der Waals surface area contributed by atoms with Crippen LogP contribution in [0.15, 0.2) is 67.5 Å². The quantitative estimate of drug-likeness (QED) is 0.308. The molecule has 0 radical (unpaired) electrons. The molecule has 1 saturated heterocycles. The molecule has 2 aromatic carbocycles. The van der Waals surface area contributed by atoms with Crippen molar-refractivity contribution in [2.75, 3.05) is 27.3 Å². The molecule has 8 nitrogen and oxygen atoms in total. The number of carbonyl (C=O) groups is 1. The van der Waals surface area contributed by atoms with Gasteiger partial charge in [-0.25, -0.2) is 0 Å². The number of nitrogens with zero attached hydrogens (tertiary/aromatic N) is 4. The van der Waals surface area contributed by atoms with Gasteiger partial charge in [0.15, 0.2) is 5.75 Å². The van der Waals surface area contributed by atoms with E-state index in [1.54, 1.807) is 43.6 Å². The molecule has 9 heteroatoms. The third kappa shape index (κ3) is 4.24. The maximum Gasteiger partial charge on any atom is 0.246 e. The molecule has 0 saturated carbocycles. The van der Waals surface area contributed by atoms with Crippen LogP contribution in [-0.4, -0.2) is 52.9 Å². The maximum absolute atomic E-state index is 12.1. The van der Waals surface area contributed by atoms with Crippen LogP contribution in [0.4, 0.5) is 0 Å². The molecule has 0 unspecified atom stereocenters. The first kappa shape index (κ1) is 23.7. The number of carbonyl (C=O) groups excluding carboxylic acids is 1. The highest BCUT2D eigenvalue weighted by atomic mass is 35.5. The summed E-state index contributed by atoms with van der Waals surface area (Å²) in [6.45, 7) is 4.81. The molecule has 0 aliphatic carbocycles. The number of methoxy groups -OCH3 is 2. The van der Waals surface area contributed by atoms with Crippen molar-refractivity contribution in [1.29, 1.82) is 0 Å². The van der Waals surface area contributed by atoms with E-state index in [1.165, 1.54) is 6.08 Å². The molecule has 36 heavy (non-hydrogen) atoms. The average Bonchev–Trinajstić information content (AvgIpc) is 3.55. The van der Waals surface area contributed by atoms with Crippen LogP contribution in [0.3, 0.4) is 0 Å². The number of benzene rings is 2. The van der Waals surface area contributed by atoms with Gasteiger partial charge in [-0.1, -0.05) is 24.2 Å². The highest BCUT2D eigenvalue weighted by Gasteiger charge is 2.30. The fraction of sp³-hybridized carbons (Fsp3) is 0.222. The Labute approximate surface area is 213 Å². The zero-order chi connectivity index (χ0) is 25.2. The van der Waals surface area contributed by atoms with Crippen LogP contribution >= 0.6 is 11.6 Å². The van der Waals surface area contributed by atoms with Gasteiger partial charge in [0, 0.05) is 24.8 Å². The maximum atomic E-state index is 12.1. The Morgan fingerprint density at radius 2 is 1.83 bits per heavy atom. The van der Waals surface area contributed by atoms with E-state index in [-0.39, 0.29) is 11.9 Å². The molecule has 2 aromatic heterocycles. The molecule has 0 spiro atoms. The lowest BCUT2D eigenvalue weighted by atomic mass is 10.1. The predicted molar refractivity (Wildman–Crippen MR) is 138 cm³/mol. The second kappa shape index (κ2) is 9.91. The van der Waals surface area contributed by atoms with Gasteiger partial charge in [0.2, 0.25) is 5.91 Å². The Morgan fingerprint density at radius 1 is 1.08 bits per heavy atom. The Kier molecular flexibility index (Phi) is 6.52. The number of aromatic nitrogens is 3. The first-order chi connectivity index (χ1) is 17.5. The summed E-state index contributed by atoms with van der Waals surface area (Å²) in [5.41, 5.74) is 2.52. The minimum atomic E-state index is -0.0745. The van der Waals surface area contributed by atoms with Gasteiger partial charge in [0.1, 0.15) is 33.5 Å². The molecule has 184 valence electrons. The molecule has 1 aliphatic rings. The van der Waals surface area contributed by atoms with Gasteiger partial charge >= 0.3 is 0 Å². The van der Waals surface area contributed by atoms with Gasteiger partial charge in [-0.05, 0) is 48.9 Å². The molecule has 0 bridgehead atoms. The number of hydrogen-bond donors (Lipinski definition) is 0. The van der Waals surface area contributed by atoms with Crippen LogP contribution in [0, 0.1) is 0 Å². The summed E-state index contributed by atoms with van der Waals surface area (Å²) < 4.78 is 18.8. The lowest BCUT2D eigenvalue weighted by molar-refractivity contribution is -0.125. The average molecular weight is 505 g/mol. The minimum absolute atomic E-state index is 0.0132. The summed E-state index contributed by atoms with van der Waals surface area (Å²) in [7, 11) is 3.18. The third-order valence-corrected chi connectivity index (χ3v) is 6.67. The van der Waals surface area contributed by atoms with Crippen molar-refractivity contribution in [3.63, 3.8) is 0 Å². The number of hydrogen-bond acceptors (Lipinski definition) is 6. The van der Waals surface area contributed by atoms with E-state index in [0.717, 1.165) is 28.6 Å². The fourth-order valence-electron chi connectivity index (χ4n) is 4.49. The number of amides is 1. The third-order valence-electron chi connectivity index (χ3n) is 6.29. The number of fused-ring (bicyclic) bond motifs is 1. The highest BCUT2D eigenvalue weighted by Crippen LogP contribution is 2.39. The summed E-state index contributed by atoms with van der Waals surface area (Å²) in [4.78, 5) is 18.3. The van der Waals surface area contributed by atoms with Gasteiger partial charge in [0.05, 0.1) is 31.8 Å². The van der Waals surface area contributed by atoms with E-state index in [9.17, 15) is 4.79 Å². The molecule has 1 aliphatic heterocycles. The summed E-state index contributed by atoms with van der Waals surface area (Å²) in [5.74, 6) is 2.24. The van der Waals surface area contributed by atoms with Gasteiger partial charge in [-0.3, -0.25) is 14.5 Å². The van der Waals surface area contributed by atoms with Gasteiger partial charge in [-0.15, -0.1) is 0 Å². The zero-order valence-electron chi connectivity index (χ0n) is 20.0. The molecule has 0 N–H and O–H groups in total. The predicted octanol–water partition coefficient (Wildman–Crippen LogP) is 5.52. The Balaban J connectivity index is 1.49. The minimum Gasteiger partial charge on any atom is -0.495 e. The second-order valence-electron chi connectivity index (χ2n) is 8.36. The standard InChI is InChI=1S/C27H25ClN4O4/c1-4-24(33)31-13-12-18(16-31)32-27-20(14-29-15-23(27)35-3)26(30-32)17-8-10-19(11-9-17)36-22-7-5-6-21(34-2)25(22)28/h4-11,14-15,18H,1,12-13,16H2,2-3H3/t18-/m1/s1. The molecule has 1 amide bonds. The highest BCUT2D eigenvalue weighted by molar-refractivity contribution is 6.33. The first-order valence-electron chi connectivity index (χ1n) is 11.5. The first-order valence-corrected chi connectivity index (χ1v) is 11.8. The van der Waals surface area contributed by atoms with Crippen molar-refractivity contribution >= 4 is 28.4 Å². The van der Waals surface area contributed by atoms with Gasteiger partial charge < -0.3 is 19.1 Å². The largest absolute Gasteiger partial charge is 0.495 e. The molecular formula is C27H25ClN4O4. The number of likely N-dealkylation sites (tertiary alicyclic amines) is 1. The van der Waals surface area contributed by atoms with Crippen LogP contribution in [0.25, 0.3) is 22.2 Å². The van der Waals surface area contributed by atoms with Crippen molar-refractivity contribution in [2.24, 2.45) is 0 Å². The molecule has 1 atom stereocenters. The van der Waals surface area contributed by atoms with Crippen molar-refractivity contribution in [1.82, 2.24) is 19.7 Å². The molecular weight excluding hydrogens is 480 g/mol. The number of ether oxygens (including phenoxy) is 3. The van der Waals surface area contributed by atoms with Crippen molar-refractivity contribution < 1.29 is 19.0 Å². The number of halogens is 1. The molecule has 4 aromatic rings. The summed E-state index contributed by atoms with van der Waals surface area (Å²) in [6.07, 6.45) is 5.61. The van der Waals surface area contributed by atoms with E-state index < -0.39 is 0 Å². The second-order valence-corrected chi connectivity index (χ2v) is 8.74. The van der Waals surface area contributed by atoms with E-state index in [0.29, 0.717) is 41.1 Å². The van der Waals surface area contributed by atoms with Crippen molar-refractivity contribution in [3.05, 3.63) is 72.5 Å². The van der Waals surface area contributed by atoms with Crippen LogP contribution in [0.2, 0.25) is 5.02 Å². The smallest absolute Gasteiger partial charge is 0.246 e. The number of pyridine rings is 1. The van der Waals surface area contributed by atoms with E-state index in [1.807, 2.05) is 35.0 Å². The lowest BCUT2D eigenvalue weighted by Gasteiger charge is -2.15. The van der Waals surface area contributed by atoms with E-state index >= 15 is 0 Å². The Morgan fingerprint density at radius 3 is 2.56 bits per heavy atom. The summed E-state index contributed by atoms with van der Waals surface area (Å²) in [6, 6.07) is 13.0. The Bertz CT molecular complexity index is 1430. The van der Waals surface area contributed by atoms with E-state index in [2.05, 4.69) is 11.6 Å². The van der Waals surface area contributed by atoms with Crippen LogP contribution in [-0.2, 0) is 4.79 Å². The lowest BCUT2D eigenvalue weighted by Crippen LogP contribution is -2.27. The van der Waals surface area contributed by atoms with Gasteiger partial charge in [-0.2, -0.15) is 5.10 Å². The zero-order valence-corrected chi connectivity index (χ0v) is 20.7. The monoisotopic (exact) mass is 504 g/mol.